The first-order chi connectivity index (χ1) is 7.80. The normalized spacial score (nSPS) is 12.4. The summed E-state index contributed by atoms with van der Waals surface area (Å²) >= 11 is 0. The second-order valence-corrected chi connectivity index (χ2v) is 5.19. The average Bonchev–Trinajstić information content (AvgIpc) is 2.25. The van der Waals surface area contributed by atoms with Crippen LogP contribution >= 0.6 is 0 Å². The third-order valence-electron chi connectivity index (χ3n) is 2.55. The fraction of sp³-hybridized carbons (Fsp3) is 0.429. The van der Waals surface area contributed by atoms with Gasteiger partial charge in [-0.3, -0.25) is 4.79 Å². The number of carbonyl (C=O) groups is 1. The Kier molecular flexibility index (Phi) is 4.05. The molecule has 0 aromatic heterocycles. The van der Waals surface area contributed by atoms with Gasteiger partial charge in [0.1, 0.15) is 0 Å². The Hall–Kier alpha value is -1.64. The van der Waals surface area contributed by atoms with Crippen LogP contribution in [0.1, 0.15) is 45.7 Å². The highest BCUT2D eigenvalue weighted by Crippen LogP contribution is 2.22. The van der Waals surface area contributed by atoms with E-state index < -0.39 is 0 Å². The molecule has 0 spiro atoms. The van der Waals surface area contributed by atoms with Crippen LogP contribution in [0.3, 0.4) is 0 Å². The van der Waals surface area contributed by atoms with Crippen molar-refractivity contribution in [2.45, 2.75) is 40.0 Å². The average molecular weight is 232 g/mol. The number of nitrogens with zero attached hydrogens (tertiary/aromatic N) is 1. The summed E-state index contributed by atoms with van der Waals surface area (Å²) in [6, 6.07) is 8.26. The molecule has 3 heteroatoms. The van der Waals surface area contributed by atoms with Gasteiger partial charge in [-0.1, -0.05) is 45.0 Å². The highest BCUT2D eigenvalue weighted by molar-refractivity contribution is 5.99. The Morgan fingerprint density at radius 1 is 1.12 bits per heavy atom. The lowest BCUT2D eigenvalue weighted by Gasteiger charge is -2.19. The van der Waals surface area contributed by atoms with Crippen molar-refractivity contribution in [3.8, 4) is 0 Å². The van der Waals surface area contributed by atoms with Gasteiger partial charge in [0.15, 0.2) is 0 Å². The molecule has 0 aliphatic rings. The molecule has 0 heterocycles. The fourth-order valence-corrected chi connectivity index (χ4v) is 1.44. The predicted octanol–water partition coefficient (Wildman–Crippen LogP) is 2.84. The molecule has 1 aromatic rings. The Morgan fingerprint density at radius 2 is 1.65 bits per heavy atom. The molecule has 0 bridgehead atoms. The molecule has 0 aliphatic carbocycles. The van der Waals surface area contributed by atoms with Crippen molar-refractivity contribution >= 4 is 11.6 Å². The largest absolute Gasteiger partial charge is 0.274 e. The zero-order valence-electron chi connectivity index (χ0n) is 11.2. The van der Waals surface area contributed by atoms with Crippen molar-refractivity contribution in [1.82, 2.24) is 5.43 Å². The maximum atomic E-state index is 10.7. The quantitative estimate of drug-likeness (QED) is 0.618. The topological polar surface area (TPSA) is 41.5 Å². The Morgan fingerprint density at radius 3 is 2.06 bits per heavy atom. The van der Waals surface area contributed by atoms with Gasteiger partial charge in [0.25, 0.3) is 0 Å². The Labute approximate surface area is 103 Å². The molecule has 0 unspecified atom stereocenters. The lowest BCUT2D eigenvalue weighted by molar-refractivity contribution is -0.118. The van der Waals surface area contributed by atoms with Gasteiger partial charge in [0.05, 0.1) is 5.71 Å². The number of hydrogen-bond donors (Lipinski definition) is 1. The second kappa shape index (κ2) is 5.13. The minimum atomic E-state index is -0.157. The number of nitrogens with one attached hydrogen (secondary N) is 1. The van der Waals surface area contributed by atoms with E-state index in [0.29, 0.717) is 0 Å². The molecule has 1 rings (SSSR count). The number of carbonyl (C=O) groups excluding carboxylic acids is 1. The molecular weight excluding hydrogens is 212 g/mol. The third-order valence-corrected chi connectivity index (χ3v) is 2.55. The van der Waals surface area contributed by atoms with E-state index in [4.69, 9.17) is 0 Å². The first kappa shape index (κ1) is 13.4. The summed E-state index contributed by atoms with van der Waals surface area (Å²) in [6.07, 6.45) is 0. The molecule has 0 atom stereocenters. The van der Waals surface area contributed by atoms with Gasteiger partial charge in [0, 0.05) is 6.92 Å². The summed E-state index contributed by atoms with van der Waals surface area (Å²) in [5, 5.41) is 4.00. The number of hydrazone groups is 1. The van der Waals surface area contributed by atoms with Crippen LogP contribution in [-0.4, -0.2) is 11.6 Å². The molecule has 0 saturated carbocycles. The monoisotopic (exact) mass is 232 g/mol. The fourth-order valence-electron chi connectivity index (χ4n) is 1.44. The summed E-state index contributed by atoms with van der Waals surface area (Å²) in [5.41, 5.74) is 5.70. The molecule has 1 amide bonds. The zero-order valence-corrected chi connectivity index (χ0v) is 11.2. The van der Waals surface area contributed by atoms with Crippen molar-refractivity contribution < 1.29 is 4.79 Å². The Bertz CT molecular complexity index is 425. The maximum Gasteiger partial charge on any atom is 0.236 e. The molecular formula is C14H20N2O. The van der Waals surface area contributed by atoms with Crippen molar-refractivity contribution in [1.29, 1.82) is 0 Å². The highest BCUT2D eigenvalue weighted by atomic mass is 16.2. The lowest BCUT2D eigenvalue weighted by atomic mass is 9.86. The van der Waals surface area contributed by atoms with Crippen LogP contribution in [0.15, 0.2) is 29.4 Å². The standard InChI is InChI=1S/C14H20N2O/c1-10(15-16-11(2)17)12-6-8-13(9-7-12)14(3,4)5/h6-9H,1-5H3,(H,16,17). The van der Waals surface area contributed by atoms with E-state index in [1.807, 2.05) is 19.1 Å². The van der Waals surface area contributed by atoms with Crippen molar-refractivity contribution in [2.75, 3.05) is 0 Å². The van der Waals surface area contributed by atoms with Crippen molar-refractivity contribution in [2.24, 2.45) is 5.10 Å². The van der Waals surface area contributed by atoms with Crippen molar-refractivity contribution in [3.63, 3.8) is 0 Å². The third kappa shape index (κ3) is 4.02. The van der Waals surface area contributed by atoms with E-state index in [-0.39, 0.29) is 11.3 Å². The SMILES string of the molecule is CC(=O)NN=C(C)c1ccc(C(C)(C)C)cc1. The molecule has 0 saturated heterocycles. The van der Waals surface area contributed by atoms with Crippen LogP contribution in [0.5, 0.6) is 0 Å². The number of hydrogen-bond acceptors (Lipinski definition) is 2. The van der Waals surface area contributed by atoms with E-state index in [2.05, 4.69) is 43.4 Å². The summed E-state index contributed by atoms with van der Waals surface area (Å²) in [5.74, 6) is -0.157. The smallest absolute Gasteiger partial charge is 0.236 e. The first-order valence-corrected chi connectivity index (χ1v) is 5.72. The van der Waals surface area contributed by atoms with E-state index in [1.165, 1.54) is 12.5 Å². The molecule has 1 N–H and O–H groups in total. The molecule has 92 valence electrons. The van der Waals surface area contributed by atoms with Gasteiger partial charge < -0.3 is 0 Å². The maximum absolute atomic E-state index is 10.7. The van der Waals surface area contributed by atoms with Gasteiger partial charge in [0.2, 0.25) is 5.91 Å². The van der Waals surface area contributed by atoms with E-state index in [1.54, 1.807) is 0 Å². The van der Waals surface area contributed by atoms with Gasteiger partial charge >= 0.3 is 0 Å². The zero-order chi connectivity index (χ0) is 13.1. The van der Waals surface area contributed by atoms with Gasteiger partial charge in [-0.15, -0.1) is 0 Å². The number of amides is 1. The molecule has 0 radical (unpaired) electrons. The van der Waals surface area contributed by atoms with Crippen molar-refractivity contribution in [3.05, 3.63) is 35.4 Å². The molecule has 0 aliphatic heterocycles. The second-order valence-electron chi connectivity index (χ2n) is 5.19. The van der Waals surface area contributed by atoms with E-state index in [9.17, 15) is 4.79 Å². The summed E-state index contributed by atoms with van der Waals surface area (Å²) in [7, 11) is 0. The van der Waals surface area contributed by atoms with Gasteiger partial charge in [-0.25, -0.2) is 5.43 Å². The van der Waals surface area contributed by atoms with Crippen LogP contribution in [-0.2, 0) is 10.2 Å². The summed E-state index contributed by atoms with van der Waals surface area (Å²) < 4.78 is 0. The number of rotatable bonds is 2. The predicted molar refractivity (Wildman–Crippen MR) is 71.2 cm³/mol. The first-order valence-electron chi connectivity index (χ1n) is 5.72. The summed E-state index contributed by atoms with van der Waals surface area (Å²) in [6.45, 7) is 9.86. The van der Waals surface area contributed by atoms with Crippen LogP contribution in [0.4, 0.5) is 0 Å². The summed E-state index contributed by atoms with van der Waals surface area (Å²) in [4.78, 5) is 10.7. The molecule has 0 fully saturated rings. The van der Waals surface area contributed by atoms with Crippen LogP contribution in [0.2, 0.25) is 0 Å². The highest BCUT2D eigenvalue weighted by Gasteiger charge is 2.13. The van der Waals surface area contributed by atoms with Gasteiger partial charge in [-0.05, 0) is 23.5 Å². The van der Waals surface area contributed by atoms with E-state index in [0.717, 1.165) is 11.3 Å². The van der Waals surface area contributed by atoms with Crippen LogP contribution in [0.25, 0.3) is 0 Å². The minimum Gasteiger partial charge on any atom is -0.274 e. The van der Waals surface area contributed by atoms with Crippen LogP contribution in [0, 0.1) is 0 Å². The Balaban J connectivity index is 2.88. The number of benzene rings is 1. The van der Waals surface area contributed by atoms with Crippen LogP contribution < -0.4 is 5.43 Å². The lowest BCUT2D eigenvalue weighted by Crippen LogP contribution is -2.15. The molecule has 1 aromatic carbocycles. The minimum absolute atomic E-state index is 0.154. The van der Waals surface area contributed by atoms with Gasteiger partial charge in [-0.2, -0.15) is 5.10 Å². The molecule has 3 nitrogen and oxygen atoms in total. The molecule has 17 heavy (non-hydrogen) atoms. The van der Waals surface area contributed by atoms with E-state index >= 15 is 0 Å².